The number of rotatable bonds is 2. The third-order valence-electron chi connectivity index (χ3n) is 3.37. The Morgan fingerprint density at radius 3 is 2.26 bits per heavy atom. The first-order valence-corrected chi connectivity index (χ1v) is 5.93. The van der Waals surface area contributed by atoms with Crippen LogP contribution in [0.1, 0.15) is 17.3 Å². The second-order valence-corrected chi connectivity index (χ2v) is 4.85. The highest BCUT2D eigenvalue weighted by molar-refractivity contribution is 5.95. The van der Waals surface area contributed by atoms with Crippen molar-refractivity contribution in [3.05, 3.63) is 35.4 Å². The van der Waals surface area contributed by atoms with Crippen molar-refractivity contribution < 1.29 is 18.4 Å². The van der Waals surface area contributed by atoms with Gasteiger partial charge in [-0.25, -0.2) is 8.78 Å². The first-order chi connectivity index (χ1) is 8.88. The lowest BCUT2D eigenvalue weighted by Crippen LogP contribution is -2.32. The van der Waals surface area contributed by atoms with Crippen molar-refractivity contribution in [2.45, 2.75) is 6.92 Å². The Hall–Kier alpha value is -1.98. The highest BCUT2D eigenvalue weighted by Gasteiger charge is 2.36. The van der Waals surface area contributed by atoms with E-state index in [9.17, 15) is 18.4 Å². The Balaban J connectivity index is 2.19. The van der Waals surface area contributed by atoms with Crippen molar-refractivity contribution in [1.82, 2.24) is 4.90 Å². The van der Waals surface area contributed by atoms with Gasteiger partial charge in [0.25, 0.3) is 5.91 Å². The molecule has 2 rings (SSSR count). The van der Waals surface area contributed by atoms with Gasteiger partial charge in [0.1, 0.15) is 11.6 Å². The number of carbonyl (C=O) groups excluding carboxylic acids is 2. The van der Waals surface area contributed by atoms with Gasteiger partial charge >= 0.3 is 0 Å². The molecular formula is C13H14F2N2O2. The average molecular weight is 268 g/mol. The van der Waals surface area contributed by atoms with Crippen molar-refractivity contribution in [2.24, 2.45) is 17.6 Å². The second-order valence-electron chi connectivity index (χ2n) is 4.85. The van der Waals surface area contributed by atoms with Crippen molar-refractivity contribution in [1.29, 1.82) is 0 Å². The molecule has 102 valence electrons. The summed E-state index contributed by atoms with van der Waals surface area (Å²) in [6.45, 7) is 2.35. The standard InChI is InChI=1S/C13H14F2N2O2/c1-7-5-17(6-11(7)12(16)18)13(19)8-2-9(14)4-10(15)3-8/h2-4,7,11H,5-6H2,1H3,(H2,16,18)/t7-,11-/m1/s1. The average Bonchev–Trinajstić information content (AvgIpc) is 2.69. The quantitative estimate of drug-likeness (QED) is 0.874. The molecule has 0 spiro atoms. The van der Waals surface area contributed by atoms with E-state index in [4.69, 9.17) is 5.73 Å². The van der Waals surface area contributed by atoms with E-state index in [1.807, 2.05) is 6.92 Å². The van der Waals surface area contributed by atoms with Gasteiger partial charge in [-0.05, 0) is 18.1 Å². The van der Waals surface area contributed by atoms with Crippen molar-refractivity contribution >= 4 is 11.8 Å². The van der Waals surface area contributed by atoms with Crippen LogP contribution in [0.5, 0.6) is 0 Å². The number of primary amides is 1. The summed E-state index contributed by atoms with van der Waals surface area (Å²) in [5.41, 5.74) is 5.18. The molecule has 19 heavy (non-hydrogen) atoms. The largest absolute Gasteiger partial charge is 0.369 e. The summed E-state index contributed by atoms with van der Waals surface area (Å²) in [6.07, 6.45) is 0. The summed E-state index contributed by atoms with van der Waals surface area (Å²) in [6, 6.07) is 2.66. The fourth-order valence-corrected chi connectivity index (χ4v) is 2.36. The molecule has 2 N–H and O–H groups in total. The highest BCUT2D eigenvalue weighted by Crippen LogP contribution is 2.24. The number of nitrogens with zero attached hydrogens (tertiary/aromatic N) is 1. The minimum absolute atomic E-state index is 0.0557. The third-order valence-corrected chi connectivity index (χ3v) is 3.37. The molecule has 0 bridgehead atoms. The number of nitrogens with two attached hydrogens (primary N) is 1. The van der Waals surface area contributed by atoms with E-state index in [1.54, 1.807) is 0 Å². The van der Waals surface area contributed by atoms with Gasteiger partial charge in [0.05, 0.1) is 5.92 Å². The van der Waals surface area contributed by atoms with Crippen LogP contribution in [-0.4, -0.2) is 29.8 Å². The van der Waals surface area contributed by atoms with Gasteiger partial charge in [-0.2, -0.15) is 0 Å². The Morgan fingerprint density at radius 1 is 1.21 bits per heavy atom. The molecule has 1 saturated heterocycles. The first kappa shape index (κ1) is 13.5. The van der Waals surface area contributed by atoms with Crippen LogP contribution < -0.4 is 5.73 Å². The van der Waals surface area contributed by atoms with Crippen molar-refractivity contribution in [3.8, 4) is 0 Å². The highest BCUT2D eigenvalue weighted by atomic mass is 19.1. The molecule has 1 aromatic rings. The lowest BCUT2D eigenvalue weighted by atomic mass is 9.98. The molecule has 0 aliphatic carbocycles. The van der Waals surface area contributed by atoms with Gasteiger partial charge in [0.15, 0.2) is 0 Å². The Bertz CT molecular complexity index is 513. The summed E-state index contributed by atoms with van der Waals surface area (Å²) in [4.78, 5) is 24.7. The topological polar surface area (TPSA) is 63.4 Å². The summed E-state index contributed by atoms with van der Waals surface area (Å²) in [5.74, 6) is -3.03. The van der Waals surface area contributed by atoms with Gasteiger partial charge in [0.2, 0.25) is 5.91 Å². The lowest BCUT2D eigenvalue weighted by Gasteiger charge is -2.16. The summed E-state index contributed by atoms with van der Waals surface area (Å²) < 4.78 is 26.1. The molecule has 1 aliphatic heterocycles. The summed E-state index contributed by atoms with van der Waals surface area (Å²) >= 11 is 0. The van der Waals surface area contributed by atoms with E-state index in [1.165, 1.54) is 4.90 Å². The molecule has 4 nitrogen and oxygen atoms in total. The summed E-state index contributed by atoms with van der Waals surface area (Å²) in [7, 11) is 0. The van der Waals surface area contributed by atoms with Gasteiger partial charge in [-0.1, -0.05) is 6.92 Å². The molecule has 1 aliphatic rings. The maximum atomic E-state index is 13.1. The maximum Gasteiger partial charge on any atom is 0.254 e. The third kappa shape index (κ3) is 2.72. The Morgan fingerprint density at radius 2 is 1.79 bits per heavy atom. The minimum atomic E-state index is -0.804. The molecule has 6 heteroatoms. The molecule has 1 fully saturated rings. The van der Waals surface area contributed by atoms with Crippen LogP contribution >= 0.6 is 0 Å². The minimum Gasteiger partial charge on any atom is -0.369 e. The van der Waals surface area contributed by atoms with Crippen LogP contribution in [0.15, 0.2) is 18.2 Å². The van der Waals surface area contributed by atoms with E-state index in [0.717, 1.165) is 12.1 Å². The molecule has 0 aromatic heterocycles. The zero-order valence-corrected chi connectivity index (χ0v) is 10.4. The molecule has 1 aromatic carbocycles. The predicted molar refractivity (Wildman–Crippen MR) is 64.1 cm³/mol. The summed E-state index contributed by atoms with van der Waals surface area (Å²) in [5, 5.41) is 0. The molecule has 0 radical (unpaired) electrons. The van der Waals surface area contributed by atoms with Gasteiger partial charge in [0, 0.05) is 24.7 Å². The monoisotopic (exact) mass is 268 g/mol. The molecule has 1 heterocycles. The Labute approximate surface area is 109 Å². The smallest absolute Gasteiger partial charge is 0.254 e. The van der Waals surface area contributed by atoms with Crippen molar-refractivity contribution in [2.75, 3.05) is 13.1 Å². The van der Waals surface area contributed by atoms with E-state index in [2.05, 4.69) is 0 Å². The fraction of sp³-hybridized carbons (Fsp3) is 0.385. The number of carbonyl (C=O) groups is 2. The second kappa shape index (κ2) is 4.95. The van der Waals surface area contributed by atoms with Crippen LogP contribution in [0.4, 0.5) is 8.78 Å². The first-order valence-electron chi connectivity index (χ1n) is 5.93. The SMILES string of the molecule is C[C@@H]1CN(C(=O)c2cc(F)cc(F)c2)C[C@H]1C(N)=O. The molecule has 0 unspecified atom stereocenters. The molecule has 0 saturated carbocycles. The van der Waals surface area contributed by atoms with Gasteiger partial charge in [-0.15, -0.1) is 0 Å². The van der Waals surface area contributed by atoms with Crippen LogP contribution in [-0.2, 0) is 4.79 Å². The number of benzene rings is 1. The molecule has 2 amide bonds. The van der Waals surface area contributed by atoms with Crippen LogP contribution in [0, 0.1) is 23.5 Å². The van der Waals surface area contributed by atoms with Gasteiger partial charge < -0.3 is 10.6 Å². The number of hydrogen-bond donors (Lipinski definition) is 1. The van der Waals surface area contributed by atoms with Crippen LogP contribution in [0.2, 0.25) is 0 Å². The van der Waals surface area contributed by atoms with E-state index in [-0.39, 0.29) is 18.0 Å². The van der Waals surface area contributed by atoms with Crippen molar-refractivity contribution in [3.63, 3.8) is 0 Å². The number of halogens is 2. The normalized spacial score (nSPS) is 22.6. The van der Waals surface area contributed by atoms with E-state index >= 15 is 0 Å². The lowest BCUT2D eigenvalue weighted by molar-refractivity contribution is -0.122. The van der Waals surface area contributed by atoms with E-state index in [0.29, 0.717) is 12.6 Å². The zero-order chi connectivity index (χ0) is 14.2. The molecular weight excluding hydrogens is 254 g/mol. The number of amides is 2. The maximum absolute atomic E-state index is 13.1. The van der Waals surface area contributed by atoms with Crippen LogP contribution in [0.25, 0.3) is 0 Å². The zero-order valence-electron chi connectivity index (χ0n) is 10.4. The number of likely N-dealkylation sites (tertiary alicyclic amines) is 1. The molecule has 2 atom stereocenters. The van der Waals surface area contributed by atoms with Crippen LogP contribution in [0.3, 0.4) is 0 Å². The van der Waals surface area contributed by atoms with E-state index < -0.39 is 29.4 Å². The van der Waals surface area contributed by atoms with Gasteiger partial charge in [-0.3, -0.25) is 9.59 Å². The fourth-order valence-electron chi connectivity index (χ4n) is 2.36. The Kier molecular flexibility index (Phi) is 3.50. The predicted octanol–water partition coefficient (Wildman–Crippen LogP) is 1.16. The number of hydrogen-bond acceptors (Lipinski definition) is 2.